The van der Waals surface area contributed by atoms with E-state index in [0.29, 0.717) is 11.1 Å². The Kier molecular flexibility index (Phi) is 4.70. The van der Waals surface area contributed by atoms with Crippen molar-refractivity contribution in [3.63, 3.8) is 0 Å². The number of alkyl halides is 3. The van der Waals surface area contributed by atoms with Gasteiger partial charge >= 0.3 is 12.1 Å². The van der Waals surface area contributed by atoms with Crippen LogP contribution in [0.2, 0.25) is 0 Å². The van der Waals surface area contributed by atoms with Gasteiger partial charge in [0, 0.05) is 0 Å². The van der Waals surface area contributed by atoms with Crippen LogP contribution in [0.5, 0.6) is 0 Å². The van der Waals surface area contributed by atoms with Crippen molar-refractivity contribution < 1.29 is 23.1 Å². The van der Waals surface area contributed by atoms with Crippen molar-refractivity contribution in [1.82, 2.24) is 0 Å². The minimum Gasteiger partial charge on any atom is -0.481 e. The first kappa shape index (κ1) is 16.6. The zero-order chi connectivity index (χ0) is 17.0. The van der Waals surface area contributed by atoms with Gasteiger partial charge in [0.25, 0.3) is 0 Å². The van der Waals surface area contributed by atoms with Crippen LogP contribution < -0.4 is 0 Å². The van der Waals surface area contributed by atoms with Crippen LogP contribution in [0.15, 0.2) is 48.5 Å². The highest BCUT2D eigenvalue weighted by Gasteiger charge is 2.31. The van der Waals surface area contributed by atoms with E-state index in [2.05, 4.69) is 0 Å². The summed E-state index contributed by atoms with van der Waals surface area (Å²) in [6.07, 6.45) is -4.48. The predicted molar refractivity (Wildman–Crippen MR) is 76.7 cm³/mol. The topological polar surface area (TPSA) is 61.1 Å². The van der Waals surface area contributed by atoms with Crippen LogP contribution >= 0.6 is 0 Å². The number of halogens is 3. The molecular formula is C17H12F3NO2. The maximum atomic E-state index is 12.8. The molecule has 6 heteroatoms. The second-order valence-corrected chi connectivity index (χ2v) is 5.03. The molecule has 2 rings (SSSR count). The molecule has 0 fully saturated rings. The lowest BCUT2D eigenvalue weighted by Gasteiger charge is -2.15. The molecule has 0 amide bonds. The number of benzene rings is 2. The lowest BCUT2D eigenvalue weighted by atomic mass is 9.90. The van der Waals surface area contributed by atoms with Crippen LogP contribution in [0.3, 0.4) is 0 Å². The first-order valence-corrected chi connectivity index (χ1v) is 6.70. The third kappa shape index (κ3) is 4.10. The Morgan fingerprint density at radius 3 is 2.35 bits per heavy atom. The number of nitrogens with zero attached hydrogens (tertiary/aromatic N) is 1. The van der Waals surface area contributed by atoms with Crippen LogP contribution in [-0.2, 0) is 17.4 Å². The molecule has 2 aromatic rings. The first-order chi connectivity index (χ1) is 10.8. The number of hydrogen-bond acceptors (Lipinski definition) is 2. The van der Waals surface area contributed by atoms with Crippen molar-refractivity contribution in [2.45, 2.75) is 18.5 Å². The Hall–Kier alpha value is -2.81. The average Bonchev–Trinajstić information content (AvgIpc) is 2.52. The molecule has 0 bridgehead atoms. The fraction of sp³-hybridized carbons (Fsp3) is 0.176. The van der Waals surface area contributed by atoms with Crippen molar-refractivity contribution in [3.05, 3.63) is 70.8 Å². The van der Waals surface area contributed by atoms with Gasteiger partial charge < -0.3 is 5.11 Å². The average molecular weight is 319 g/mol. The second kappa shape index (κ2) is 6.53. The molecule has 0 radical (unpaired) electrons. The van der Waals surface area contributed by atoms with Crippen LogP contribution in [-0.4, -0.2) is 11.1 Å². The second-order valence-electron chi connectivity index (χ2n) is 5.03. The van der Waals surface area contributed by atoms with Gasteiger partial charge in [0.15, 0.2) is 0 Å². The third-order valence-electron chi connectivity index (χ3n) is 3.44. The lowest BCUT2D eigenvalue weighted by molar-refractivity contribution is -0.140. The SMILES string of the molecule is N#Cc1ccc(CC(C(=O)O)c2cccc(C(F)(F)F)c2)cc1. The highest BCUT2D eigenvalue weighted by Crippen LogP contribution is 2.32. The van der Waals surface area contributed by atoms with Crippen molar-refractivity contribution in [2.24, 2.45) is 0 Å². The number of nitriles is 1. The minimum atomic E-state index is -4.52. The molecule has 0 heterocycles. The quantitative estimate of drug-likeness (QED) is 0.927. The Labute approximate surface area is 130 Å². The smallest absolute Gasteiger partial charge is 0.416 e. The van der Waals surface area contributed by atoms with Crippen molar-refractivity contribution in [2.75, 3.05) is 0 Å². The van der Waals surface area contributed by atoms with Crippen molar-refractivity contribution in [1.29, 1.82) is 5.26 Å². The van der Waals surface area contributed by atoms with Crippen molar-refractivity contribution >= 4 is 5.97 Å². The molecule has 0 saturated heterocycles. The molecule has 0 aromatic heterocycles. The van der Waals surface area contributed by atoms with Crippen LogP contribution in [0, 0.1) is 11.3 Å². The van der Waals surface area contributed by atoms with E-state index in [-0.39, 0.29) is 12.0 Å². The number of hydrogen-bond donors (Lipinski definition) is 1. The van der Waals surface area contributed by atoms with E-state index in [1.54, 1.807) is 24.3 Å². The van der Waals surface area contributed by atoms with Crippen LogP contribution in [0.1, 0.15) is 28.2 Å². The Balaban J connectivity index is 2.31. The summed E-state index contributed by atoms with van der Waals surface area (Å²) in [7, 11) is 0. The Morgan fingerprint density at radius 1 is 1.17 bits per heavy atom. The van der Waals surface area contributed by atoms with Gasteiger partial charge in [-0.25, -0.2) is 0 Å². The van der Waals surface area contributed by atoms with Gasteiger partial charge in [-0.15, -0.1) is 0 Å². The molecule has 0 aliphatic rings. The fourth-order valence-electron chi connectivity index (χ4n) is 2.23. The van der Waals surface area contributed by atoms with Gasteiger partial charge in [0.05, 0.1) is 23.1 Å². The number of carboxylic acid groups (broad SMARTS) is 1. The monoisotopic (exact) mass is 319 g/mol. The van der Waals surface area contributed by atoms with Crippen LogP contribution in [0.25, 0.3) is 0 Å². The van der Waals surface area contributed by atoms with Gasteiger partial charge in [0.2, 0.25) is 0 Å². The summed E-state index contributed by atoms with van der Waals surface area (Å²) in [6, 6.07) is 12.6. The molecule has 0 aliphatic carbocycles. The number of carbonyl (C=O) groups is 1. The zero-order valence-corrected chi connectivity index (χ0v) is 11.8. The molecule has 1 unspecified atom stereocenters. The predicted octanol–water partition coefficient (Wildman–Crippen LogP) is 3.99. The molecule has 1 atom stereocenters. The molecule has 118 valence electrons. The number of rotatable bonds is 4. The first-order valence-electron chi connectivity index (χ1n) is 6.70. The summed E-state index contributed by atoms with van der Waals surface area (Å²) in [4.78, 5) is 11.5. The van der Waals surface area contributed by atoms with E-state index in [1.807, 2.05) is 6.07 Å². The highest BCUT2D eigenvalue weighted by atomic mass is 19.4. The highest BCUT2D eigenvalue weighted by molar-refractivity contribution is 5.76. The summed E-state index contributed by atoms with van der Waals surface area (Å²) < 4.78 is 38.3. The number of aliphatic carboxylic acids is 1. The summed E-state index contributed by atoms with van der Waals surface area (Å²) in [5, 5.41) is 18.1. The molecule has 0 saturated carbocycles. The molecule has 3 nitrogen and oxygen atoms in total. The normalized spacial score (nSPS) is 12.4. The fourth-order valence-corrected chi connectivity index (χ4v) is 2.23. The maximum Gasteiger partial charge on any atom is 0.416 e. The Bertz CT molecular complexity index is 746. The third-order valence-corrected chi connectivity index (χ3v) is 3.44. The number of carboxylic acids is 1. The molecule has 2 aromatic carbocycles. The lowest BCUT2D eigenvalue weighted by Crippen LogP contribution is -2.16. The zero-order valence-electron chi connectivity index (χ0n) is 11.8. The minimum absolute atomic E-state index is 0.0440. The molecule has 0 aliphatic heterocycles. The van der Waals surface area contributed by atoms with Gasteiger partial charge in [-0.05, 0) is 35.7 Å². The van der Waals surface area contributed by atoms with Crippen LogP contribution in [0.4, 0.5) is 13.2 Å². The van der Waals surface area contributed by atoms with E-state index in [0.717, 1.165) is 12.1 Å². The van der Waals surface area contributed by atoms with Crippen molar-refractivity contribution in [3.8, 4) is 6.07 Å². The summed E-state index contributed by atoms with van der Waals surface area (Å²) in [5.41, 5.74) is 0.284. The molecular weight excluding hydrogens is 307 g/mol. The maximum absolute atomic E-state index is 12.8. The van der Waals surface area contributed by atoms with E-state index in [9.17, 15) is 23.1 Å². The summed E-state index contributed by atoms with van der Waals surface area (Å²) >= 11 is 0. The van der Waals surface area contributed by atoms with Gasteiger partial charge in [-0.1, -0.05) is 30.3 Å². The van der Waals surface area contributed by atoms with E-state index in [4.69, 9.17) is 5.26 Å². The van der Waals surface area contributed by atoms with Gasteiger partial charge in [0.1, 0.15) is 0 Å². The summed E-state index contributed by atoms with van der Waals surface area (Å²) in [6.45, 7) is 0. The molecule has 1 N–H and O–H groups in total. The standard InChI is InChI=1S/C17H12F3NO2/c18-17(19,20)14-3-1-2-13(9-14)15(16(22)23)8-11-4-6-12(10-21)7-5-11/h1-7,9,15H,8H2,(H,22,23). The summed E-state index contributed by atoms with van der Waals surface area (Å²) in [5.74, 6) is -2.29. The van der Waals surface area contributed by atoms with Gasteiger partial charge in [-0.2, -0.15) is 18.4 Å². The van der Waals surface area contributed by atoms with E-state index in [1.165, 1.54) is 12.1 Å². The molecule has 0 spiro atoms. The van der Waals surface area contributed by atoms with Gasteiger partial charge in [-0.3, -0.25) is 4.79 Å². The van der Waals surface area contributed by atoms with E-state index >= 15 is 0 Å². The molecule has 23 heavy (non-hydrogen) atoms. The Morgan fingerprint density at radius 2 is 1.83 bits per heavy atom. The van der Waals surface area contributed by atoms with E-state index < -0.39 is 23.6 Å². The largest absolute Gasteiger partial charge is 0.481 e.